The minimum absolute atomic E-state index is 0.129. The fourth-order valence-corrected chi connectivity index (χ4v) is 6.40. The quantitative estimate of drug-likeness (QED) is 0.368. The van der Waals surface area contributed by atoms with Crippen molar-refractivity contribution in [3.05, 3.63) is 22.6 Å². The van der Waals surface area contributed by atoms with Crippen molar-refractivity contribution < 1.29 is 22.7 Å². The number of carbonyl (C=O) groups is 1. The summed E-state index contributed by atoms with van der Waals surface area (Å²) in [4.78, 5) is 28.0. The normalized spacial score (nSPS) is 18.2. The Morgan fingerprint density at radius 1 is 1.16 bits per heavy atom. The van der Waals surface area contributed by atoms with E-state index in [4.69, 9.17) is 14.7 Å². The Balaban J connectivity index is 1.43. The third kappa shape index (κ3) is 5.57. The zero-order chi connectivity index (χ0) is 26.9. The second kappa shape index (κ2) is 11.0. The molecule has 3 aromatic heterocycles. The Kier molecular flexibility index (Phi) is 7.73. The highest BCUT2D eigenvalue weighted by molar-refractivity contribution is 7.18. The van der Waals surface area contributed by atoms with Crippen LogP contribution in [-0.2, 0) is 35.2 Å². The van der Waals surface area contributed by atoms with Crippen LogP contribution in [-0.4, -0.2) is 56.9 Å². The van der Waals surface area contributed by atoms with Crippen LogP contribution in [0.15, 0.2) is 6.07 Å². The summed E-state index contributed by atoms with van der Waals surface area (Å²) >= 11 is 1.64. The summed E-state index contributed by atoms with van der Waals surface area (Å²) in [5, 5.41) is 8.18. The van der Waals surface area contributed by atoms with Crippen LogP contribution in [0.1, 0.15) is 62.5 Å². The fourth-order valence-electron chi connectivity index (χ4n) is 5.28. The molecule has 5 rings (SSSR count). The summed E-state index contributed by atoms with van der Waals surface area (Å²) in [6.45, 7) is 6.57. The molecule has 206 valence electrons. The second-order valence-corrected chi connectivity index (χ2v) is 11.0. The first-order valence-electron chi connectivity index (χ1n) is 13.2. The number of anilines is 2. The minimum Gasteiger partial charge on any atom is -0.466 e. The number of nitrogens with zero attached hydrogens (tertiary/aromatic N) is 7. The summed E-state index contributed by atoms with van der Waals surface area (Å²) in [5.41, 5.74) is 0. The van der Waals surface area contributed by atoms with Gasteiger partial charge >= 0.3 is 12.1 Å². The van der Waals surface area contributed by atoms with E-state index in [1.807, 2.05) is 11.8 Å². The number of carbonyl (C=O) groups excluding carboxylic acids is 1. The zero-order valence-electron chi connectivity index (χ0n) is 21.6. The van der Waals surface area contributed by atoms with Crippen LogP contribution in [0.25, 0.3) is 10.2 Å². The molecule has 9 nitrogen and oxygen atoms in total. The number of aromatic nitrogens is 5. The van der Waals surface area contributed by atoms with Gasteiger partial charge in [0.2, 0.25) is 11.8 Å². The SMILES string of the molecule is CCCc1cc2c(N3CCn4c(nnc4C(F)(F)F)C3)nc(N3CCCC(CCC(=O)OCC)C3)nc2s1. The van der Waals surface area contributed by atoms with Crippen LogP contribution in [0, 0.1) is 5.92 Å². The molecule has 0 spiro atoms. The average Bonchev–Trinajstić information content (AvgIpc) is 3.51. The molecule has 0 N–H and O–H groups in total. The van der Waals surface area contributed by atoms with Crippen molar-refractivity contribution in [3.8, 4) is 0 Å². The molecule has 1 atom stereocenters. The minimum atomic E-state index is -4.54. The van der Waals surface area contributed by atoms with Gasteiger partial charge in [0.15, 0.2) is 5.82 Å². The predicted molar refractivity (Wildman–Crippen MR) is 138 cm³/mol. The van der Waals surface area contributed by atoms with E-state index in [-0.39, 0.29) is 24.9 Å². The Morgan fingerprint density at radius 2 is 2.00 bits per heavy atom. The lowest BCUT2D eigenvalue weighted by molar-refractivity contribution is -0.147. The highest BCUT2D eigenvalue weighted by Crippen LogP contribution is 2.37. The summed E-state index contributed by atoms with van der Waals surface area (Å²) in [5.74, 6) is 0.838. The Morgan fingerprint density at radius 3 is 2.76 bits per heavy atom. The van der Waals surface area contributed by atoms with Gasteiger partial charge in [0.25, 0.3) is 0 Å². The van der Waals surface area contributed by atoms with E-state index in [9.17, 15) is 18.0 Å². The third-order valence-electron chi connectivity index (χ3n) is 7.08. The van der Waals surface area contributed by atoms with E-state index >= 15 is 0 Å². The van der Waals surface area contributed by atoms with E-state index in [2.05, 4.69) is 28.1 Å². The lowest BCUT2D eigenvalue weighted by atomic mass is 9.93. The smallest absolute Gasteiger partial charge is 0.451 e. The summed E-state index contributed by atoms with van der Waals surface area (Å²) in [6, 6.07) is 2.11. The lowest BCUT2D eigenvalue weighted by Crippen LogP contribution is -2.38. The second-order valence-electron chi connectivity index (χ2n) is 9.84. The Bertz CT molecular complexity index is 1290. The van der Waals surface area contributed by atoms with Gasteiger partial charge in [-0.2, -0.15) is 18.2 Å². The van der Waals surface area contributed by atoms with E-state index in [0.29, 0.717) is 31.4 Å². The molecule has 0 aliphatic carbocycles. The van der Waals surface area contributed by atoms with Crippen LogP contribution in [0.4, 0.5) is 24.9 Å². The Hall–Kier alpha value is -2.96. The number of piperidine rings is 1. The molecule has 0 radical (unpaired) electrons. The maximum atomic E-state index is 13.4. The van der Waals surface area contributed by atoms with Gasteiger partial charge in [-0.1, -0.05) is 13.3 Å². The molecule has 0 aromatic carbocycles. The summed E-state index contributed by atoms with van der Waals surface area (Å²) in [7, 11) is 0. The van der Waals surface area contributed by atoms with E-state index in [1.165, 1.54) is 4.88 Å². The average molecular weight is 552 g/mol. The van der Waals surface area contributed by atoms with Crippen molar-refractivity contribution in [1.82, 2.24) is 24.7 Å². The topological polar surface area (TPSA) is 89.3 Å². The molecule has 0 bridgehead atoms. The number of alkyl halides is 3. The largest absolute Gasteiger partial charge is 0.466 e. The first-order valence-corrected chi connectivity index (χ1v) is 14.0. The molecule has 13 heteroatoms. The van der Waals surface area contributed by atoms with Crippen LogP contribution in [0.5, 0.6) is 0 Å². The monoisotopic (exact) mass is 551 g/mol. The van der Waals surface area contributed by atoms with Gasteiger partial charge < -0.3 is 19.1 Å². The van der Waals surface area contributed by atoms with Gasteiger partial charge in [-0.3, -0.25) is 4.79 Å². The first kappa shape index (κ1) is 26.6. The van der Waals surface area contributed by atoms with Crippen LogP contribution < -0.4 is 9.80 Å². The van der Waals surface area contributed by atoms with Gasteiger partial charge in [-0.05, 0) is 44.6 Å². The number of hydrogen-bond donors (Lipinski definition) is 0. The number of fused-ring (bicyclic) bond motifs is 2. The molecule has 3 aromatic rings. The van der Waals surface area contributed by atoms with Crippen molar-refractivity contribution >= 4 is 39.3 Å². The standard InChI is InChI=1S/C25H32F3N7O2S/c1-3-6-17-13-18-21(33-11-12-35-19(15-33)31-32-23(35)25(26,27)28)29-24(30-22(18)38-17)34-10-5-7-16(14-34)8-9-20(36)37-4-2/h13,16H,3-12,14-15H2,1-2H3. The number of aryl methyl sites for hydroxylation is 1. The lowest BCUT2D eigenvalue weighted by Gasteiger charge is -2.34. The molecule has 0 saturated carbocycles. The molecule has 1 saturated heterocycles. The number of rotatable bonds is 8. The maximum Gasteiger partial charge on any atom is 0.451 e. The first-order chi connectivity index (χ1) is 18.3. The molecule has 2 aliphatic heterocycles. The zero-order valence-corrected chi connectivity index (χ0v) is 22.4. The Labute approximate surface area is 223 Å². The van der Waals surface area contributed by atoms with Gasteiger partial charge in [0, 0.05) is 37.5 Å². The van der Waals surface area contributed by atoms with Crippen LogP contribution in [0.3, 0.4) is 0 Å². The number of esters is 1. The van der Waals surface area contributed by atoms with Gasteiger partial charge in [-0.25, -0.2) is 4.98 Å². The summed E-state index contributed by atoms with van der Waals surface area (Å²) in [6.07, 6.45) is 0.563. The van der Waals surface area contributed by atoms with Gasteiger partial charge in [-0.15, -0.1) is 21.5 Å². The predicted octanol–water partition coefficient (Wildman–Crippen LogP) is 4.83. The fraction of sp³-hybridized carbons (Fsp3) is 0.640. The molecule has 5 heterocycles. The number of thiophene rings is 1. The number of halogens is 3. The van der Waals surface area contributed by atoms with Crippen molar-refractivity contribution in [2.45, 2.75) is 71.6 Å². The van der Waals surface area contributed by atoms with Crippen molar-refractivity contribution in [1.29, 1.82) is 0 Å². The molecule has 1 unspecified atom stereocenters. The molecule has 0 amide bonds. The maximum absolute atomic E-state index is 13.4. The summed E-state index contributed by atoms with van der Waals surface area (Å²) < 4.78 is 46.3. The highest BCUT2D eigenvalue weighted by atomic mass is 32.1. The number of hydrogen-bond acceptors (Lipinski definition) is 9. The number of ether oxygens (including phenoxy) is 1. The van der Waals surface area contributed by atoms with Crippen molar-refractivity contribution in [3.63, 3.8) is 0 Å². The van der Waals surface area contributed by atoms with E-state index in [0.717, 1.165) is 65.8 Å². The van der Waals surface area contributed by atoms with E-state index in [1.54, 1.807) is 11.3 Å². The molecule has 38 heavy (non-hydrogen) atoms. The van der Waals surface area contributed by atoms with Crippen molar-refractivity contribution in [2.24, 2.45) is 5.92 Å². The molecule has 2 aliphatic rings. The molecular weight excluding hydrogens is 519 g/mol. The van der Waals surface area contributed by atoms with Crippen molar-refractivity contribution in [2.75, 3.05) is 36.0 Å². The van der Waals surface area contributed by atoms with E-state index < -0.39 is 12.0 Å². The molecule has 1 fully saturated rings. The van der Waals surface area contributed by atoms with Crippen LogP contribution in [0.2, 0.25) is 0 Å². The molecular formula is C25H32F3N7O2S. The highest BCUT2D eigenvalue weighted by Gasteiger charge is 2.40. The van der Waals surface area contributed by atoms with Gasteiger partial charge in [0.1, 0.15) is 10.6 Å². The third-order valence-corrected chi connectivity index (χ3v) is 8.17. The van der Waals surface area contributed by atoms with Crippen LogP contribution >= 0.6 is 11.3 Å². The van der Waals surface area contributed by atoms with Gasteiger partial charge in [0.05, 0.1) is 18.5 Å².